The Labute approximate surface area is 97.3 Å². The second-order valence-corrected chi connectivity index (χ2v) is 3.68. The first-order valence-electron chi connectivity index (χ1n) is 5.07. The number of carbonyl (C=O) groups is 1. The van der Waals surface area contributed by atoms with Gasteiger partial charge >= 0.3 is 0 Å². The quantitative estimate of drug-likeness (QED) is 0.798. The summed E-state index contributed by atoms with van der Waals surface area (Å²) in [7, 11) is 1.66. The molecule has 0 unspecified atom stereocenters. The number of aryl methyl sites for hydroxylation is 2. The highest BCUT2D eigenvalue weighted by Crippen LogP contribution is 2.03. The Bertz CT molecular complexity index is 612. The van der Waals surface area contributed by atoms with E-state index in [1.165, 1.54) is 10.9 Å². The van der Waals surface area contributed by atoms with Crippen molar-refractivity contribution < 1.29 is 4.79 Å². The second kappa shape index (κ2) is 4.25. The summed E-state index contributed by atoms with van der Waals surface area (Å²) in [5.74, 6) is -0.362. The Kier molecular flexibility index (Phi) is 2.78. The molecule has 0 saturated heterocycles. The van der Waals surface area contributed by atoms with Gasteiger partial charge in [-0.3, -0.25) is 14.3 Å². The average Bonchev–Trinajstić information content (AvgIpc) is 2.68. The zero-order valence-electron chi connectivity index (χ0n) is 9.52. The van der Waals surface area contributed by atoms with Gasteiger partial charge in [-0.1, -0.05) is 0 Å². The van der Waals surface area contributed by atoms with Crippen molar-refractivity contribution in [2.24, 2.45) is 7.05 Å². The number of nitrogens with zero attached hydrogens (tertiary/aromatic N) is 2. The van der Waals surface area contributed by atoms with Gasteiger partial charge in [-0.25, -0.2) is 0 Å². The number of aromatic amines is 1. The average molecular weight is 232 g/mol. The molecule has 0 aromatic carbocycles. The molecule has 0 aliphatic rings. The number of hydrogen-bond donors (Lipinski definition) is 2. The van der Waals surface area contributed by atoms with Crippen LogP contribution in [0.4, 0.5) is 5.69 Å². The molecule has 0 fully saturated rings. The molecule has 0 saturated carbocycles. The van der Waals surface area contributed by atoms with Crippen LogP contribution in [0.2, 0.25) is 0 Å². The minimum atomic E-state index is -0.362. The maximum absolute atomic E-state index is 11.8. The van der Waals surface area contributed by atoms with Gasteiger partial charge in [0.1, 0.15) is 11.4 Å². The van der Waals surface area contributed by atoms with Crippen LogP contribution >= 0.6 is 0 Å². The number of anilines is 1. The van der Waals surface area contributed by atoms with E-state index in [2.05, 4.69) is 15.4 Å². The Balaban J connectivity index is 2.25. The first-order valence-corrected chi connectivity index (χ1v) is 5.07. The van der Waals surface area contributed by atoms with Gasteiger partial charge < -0.3 is 10.3 Å². The molecule has 2 rings (SSSR count). The number of pyridine rings is 1. The molecule has 0 aliphatic heterocycles. The van der Waals surface area contributed by atoms with Crippen molar-refractivity contribution in [3.05, 3.63) is 46.1 Å². The predicted molar refractivity (Wildman–Crippen MR) is 63.0 cm³/mol. The number of aromatic nitrogens is 3. The van der Waals surface area contributed by atoms with Crippen LogP contribution in [-0.4, -0.2) is 20.7 Å². The molecule has 0 atom stereocenters. The number of H-pyrrole nitrogens is 1. The van der Waals surface area contributed by atoms with Crippen molar-refractivity contribution in [2.45, 2.75) is 6.92 Å². The Morgan fingerprint density at radius 1 is 1.41 bits per heavy atom. The normalized spacial score (nSPS) is 10.2. The lowest BCUT2D eigenvalue weighted by Gasteiger charge is -2.04. The fourth-order valence-corrected chi connectivity index (χ4v) is 1.45. The van der Waals surface area contributed by atoms with Crippen LogP contribution in [0.3, 0.4) is 0 Å². The molecule has 0 aliphatic carbocycles. The van der Waals surface area contributed by atoms with Gasteiger partial charge in [0.05, 0.1) is 0 Å². The number of nitrogens with one attached hydrogen (secondary N) is 2. The van der Waals surface area contributed by atoms with Gasteiger partial charge in [0.25, 0.3) is 11.5 Å². The topological polar surface area (TPSA) is 79.8 Å². The van der Waals surface area contributed by atoms with Gasteiger partial charge in [-0.15, -0.1) is 0 Å². The van der Waals surface area contributed by atoms with Gasteiger partial charge in [0, 0.05) is 18.9 Å². The smallest absolute Gasteiger partial charge is 0.274 e. The van der Waals surface area contributed by atoms with Gasteiger partial charge in [-0.2, -0.15) is 5.10 Å². The summed E-state index contributed by atoms with van der Waals surface area (Å²) < 4.78 is 1.44. The minimum Gasteiger partial charge on any atom is -0.325 e. The molecule has 6 heteroatoms. The first kappa shape index (κ1) is 11.1. The van der Waals surface area contributed by atoms with Crippen LogP contribution in [0.25, 0.3) is 0 Å². The molecule has 6 nitrogen and oxygen atoms in total. The zero-order valence-corrected chi connectivity index (χ0v) is 9.52. The molecule has 0 bridgehead atoms. The number of hydrogen-bond acceptors (Lipinski definition) is 3. The number of carbonyl (C=O) groups excluding carboxylic acids is 1. The molecule has 0 spiro atoms. The molecule has 2 aromatic heterocycles. The van der Waals surface area contributed by atoms with Gasteiger partial charge in [0.15, 0.2) is 0 Å². The maximum atomic E-state index is 11.8. The van der Waals surface area contributed by atoms with Crippen molar-refractivity contribution >= 4 is 11.6 Å². The van der Waals surface area contributed by atoms with Crippen molar-refractivity contribution in [2.75, 3.05) is 5.32 Å². The summed E-state index contributed by atoms with van der Waals surface area (Å²) in [5.41, 5.74) is 1.04. The largest absolute Gasteiger partial charge is 0.325 e. The van der Waals surface area contributed by atoms with E-state index in [1.54, 1.807) is 32.2 Å². The minimum absolute atomic E-state index is 0.224. The molecular weight excluding hydrogens is 220 g/mol. The second-order valence-electron chi connectivity index (χ2n) is 3.68. The van der Waals surface area contributed by atoms with Crippen molar-refractivity contribution in [3.8, 4) is 0 Å². The highest BCUT2D eigenvalue weighted by molar-refractivity contribution is 6.02. The zero-order chi connectivity index (χ0) is 12.4. The molecule has 17 heavy (non-hydrogen) atoms. The van der Waals surface area contributed by atoms with E-state index >= 15 is 0 Å². The van der Waals surface area contributed by atoms with E-state index in [0.29, 0.717) is 5.69 Å². The third-order valence-corrected chi connectivity index (χ3v) is 2.36. The summed E-state index contributed by atoms with van der Waals surface area (Å²) in [6.45, 7) is 1.77. The third kappa shape index (κ3) is 2.25. The fraction of sp³-hybridized carbons (Fsp3) is 0.182. The van der Waals surface area contributed by atoms with Crippen molar-refractivity contribution in [3.63, 3.8) is 0 Å². The van der Waals surface area contributed by atoms with Gasteiger partial charge in [-0.05, 0) is 25.1 Å². The van der Waals surface area contributed by atoms with Crippen LogP contribution in [0.15, 0.2) is 29.2 Å². The van der Waals surface area contributed by atoms with Crippen LogP contribution in [0.5, 0.6) is 0 Å². The molecule has 2 N–H and O–H groups in total. The third-order valence-electron chi connectivity index (χ3n) is 2.36. The lowest BCUT2D eigenvalue weighted by molar-refractivity contribution is 0.101. The van der Waals surface area contributed by atoms with Crippen LogP contribution in [0.1, 0.15) is 16.2 Å². The summed E-state index contributed by atoms with van der Waals surface area (Å²) in [6.07, 6.45) is 1.52. The van der Waals surface area contributed by atoms with Crippen LogP contribution in [-0.2, 0) is 7.05 Å². The molecule has 2 aromatic rings. The van der Waals surface area contributed by atoms with E-state index in [9.17, 15) is 9.59 Å². The van der Waals surface area contributed by atoms with E-state index in [0.717, 1.165) is 5.69 Å². The van der Waals surface area contributed by atoms with E-state index in [-0.39, 0.29) is 17.2 Å². The molecular formula is C11H12N4O2. The highest BCUT2D eigenvalue weighted by Gasteiger charge is 2.11. The first-order chi connectivity index (χ1) is 8.08. The Hall–Kier alpha value is -2.37. The number of rotatable bonds is 2. The number of amides is 1. The monoisotopic (exact) mass is 232 g/mol. The molecule has 88 valence electrons. The highest BCUT2D eigenvalue weighted by atomic mass is 16.2. The van der Waals surface area contributed by atoms with E-state index in [1.807, 2.05) is 0 Å². The standard InChI is InChI=1S/C11H12N4O2/c1-7-3-4-8(10(16)13-7)14-11(17)9-5-6-12-15(9)2/h3-6H,1-2H3,(H,13,16)(H,14,17). The molecule has 0 radical (unpaired) electrons. The van der Waals surface area contributed by atoms with Gasteiger partial charge in [0.2, 0.25) is 0 Å². The summed E-state index contributed by atoms with van der Waals surface area (Å²) in [6, 6.07) is 4.88. The molecule has 2 heterocycles. The van der Waals surface area contributed by atoms with Crippen molar-refractivity contribution in [1.29, 1.82) is 0 Å². The molecule has 1 amide bonds. The Morgan fingerprint density at radius 2 is 2.18 bits per heavy atom. The Morgan fingerprint density at radius 3 is 2.76 bits per heavy atom. The maximum Gasteiger partial charge on any atom is 0.274 e. The van der Waals surface area contributed by atoms with Crippen LogP contribution in [0, 0.1) is 6.92 Å². The fourth-order valence-electron chi connectivity index (χ4n) is 1.45. The lowest BCUT2D eigenvalue weighted by Crippen LogP contribution is -2.22. The van der Waals surface area contributed by atoms with Crippen molar-refractivity contribution in [1.82, 2.24) is 14.8 Å². The van der Waals surface area contributed by atoms with E-state index < -0.39 is 0 Å². The summed E-state index contributed by atoms with van der Waals surface area (Å²) in [5, 5.41) is 6.42. The summed E-state index contributed by atoms with van der Waals surface area (Å²) in [4.78, 5) is 26.0. The summed E-state index contributed by atoms with van der Waals surface area (Å²) >= 11 is 0. The van der Waals surface area contributed by atoms with E-state index in [4.69, 9.17) is 0 Å². The predicted octanol–water partition coefficient (Wildman–Crippen LogP) is 0.669. The lowest BCUT2D eigenvalue weighted by atomic mass is 10.3. The van der Waals surface area contributed by atoms with Crippen LogP contribution < -0.4 is 10.9 Å². The SMILES string of the molecule is Cc1ccc(NC(=O)c2ccnn2C)c(=O)[nH]1.